The van der Waals surface area contributed by atoms with Crippen LogP contribution in [-0.2, 0) is 10.3 Å². The molecule has 0 aromatic heterocycles. The summed E-state index contributed by atoms with van der Waals surface area (Å²) in [5, 5.41) is 0. The first-order valence-corrected chi connectivity index (χ1v) is 5.08. The third kappa shape index (κ3) is 2.55. The van der Waals surface area contributed by atoms with E-state index >= 15 is 0 Å². The van der Waals surface area contributed by atoms with Crippen molar-refractivity contribution in [3.05, 3.63) is 35.1 Å². The maximum atomic E-state index is 13.0. The Labute approximate surface area is 90.2 Å². The zero-order chi connectivity index (χ0) is 11.5. The van der Waals surface area contributed by atoms with Crippen LogP contribution in [0, 0.1) is 12.7 Å². The van der Waals surface area contributed by atoms with Crippen LogP contribution in [0.25, 0.3) is 0 Å². The lowest BCUT2D eigenvalue weighted by Gasteiger charge is -2.29. The highest BCUT2D eigenvalue weighted by molar-refractivity contribution is 5.33. The van der Waals surface area contributed by atoms with Gasteiger partial charge < -0.3 is 10.5 Å². The minimum Gasteiger partial charge on any atom is -0.382 e. The molecule has 0 fully saturated rings. The molecule has 2 nitrogen and oxygen atoms in total. The number of aryl methyl sites for hydroxylation is 1. The number of benzene rings is 1. The normalized spacial score (nSPS) is 15.0. The molecule has 1 aromatic rings. The average Bonchev–Trinajstić information content (AvgIpc) is 2.17. The number of hydrogen-bond acceptors (Lipinski definition) is 2. The molecule has 0 spiro atoms. The van der Waals surface area contributed by atoms with E-state index in [2.05, 4.69) is 0 Å². The summed E-state index contributed by atoms with van der Waals surface area (Å²) < 4.78 is 18.1. The van der Waals surface area contributed by atoms with Crippen molar-refractivity contribution in [1.82, 2.24) is 0 Å². The quantitative estimate of drug-likeness (QED) is 0.829. The third-order valence-corrected chi connectivity index (χ3v) is 2.76. The second-order valence-corrected chi connectivity index (χ2v) is 3.90. The summed E-state index contributed by atoms with van der Waals surface area (Å²) in [6.45, 7) is 4.31. The highest BCUT2D eigenvalue weighted by Crippen LogP contribution is 2.26. The van der Waals surface area contributed by atoms with Crippen molar-refractivity contribution in [3.63, 3.8) is 0 Å². The second-order valence-electron chi connectivity index (χ2n) is 3.90. The predicted molar refractivity (Wildman–Crippen MR) is 59.2 cm³/mol. The second kappa shape index (κ2) is 4.73. The SMILES string of the molecule is CCC(N)(COC)c1ccc(F)cc1C. The van der Waals surface area contributed by atoms with Crippen LogP contribution in [0.2, 0.25) is 0 Å². The van der Waals surface area contributed by atoms with E-state index in [1.54, 1.807) is 13.2 Å². The van der Waals surface area contributed by atoms with Crippen LogP contribution in [0.4, 0.5) is 4.39 Å². The molecular weight excluding hydrogens is 193 g/mol. The molecule has 0 aliphatic carbocycles. The number of nitrogens with two attached hydrogens (primary N) is 1. The minimum atomic E-state index is -0.521. The maximum Gasteiger partial charge on any atom is 0.123 e. The van der Waals surface area contributed by atoms with Gasteiger partial charge in [0.05, 0.1) is 12.1 Å². The van der Waals surface area contributed by atoms with E-state index in [-0.39, 0.29) is 5.82 Å². The van der Waals surface area contributed by atoms with Gasteiger partial charge in [-0.15, -0.1) is 0 Å². The lowest BCUT2D eigenvalue weighted by Crippen LogP contribution is -2.41. The molecule has 0 saturated heterocycles. The fourth-order valence-electron chi connectivity index (χ4n) is 1.81. The molecule has 0 heterocycles. The van der Waals surface area contributed by atoms with E-state index in [1.807, 2.05) is 13.8 Å². The van der Waals surface area contributed by atoms with Gasteiger partial charge in [-0.1, -0.05) is 13.0 Å². The molecule has 0 amide bonds. The number of ether oxygens (including phenoxy) is 1. The van der Waals surface area contributed by atoms with E-state index in [0.29, 0.717) is 6.61 Å². The lowest BCUT2D eigenvalue weighted by atomic mass is 9.86. The first-order chi connectivity index (χ1) is 7.03. The Bertz CT molecular complexity index is 340. The molecule has 1 atom stereocenters. The van der Waals surface area contributed by atoms with Crippen LogP contribution in [0.15, 0.2) is 18.2 Å². The average molecular weight is 211 g/mol. The van der Waals surface area contributed by atoms with Gasteiger partial charge in [-0.25, -0.2) is 4.39 Å². The molecule has 1 rings (SSSR count). The van der Waals surface area contributed by atoms with Crippen LogP contribution in [0.1, 0.15) is 24.5 Å². The smallest absolute Gasteiger partial charge is 0.123 e. The summed E-state index contributed by atoms with van der Waals surface area (Å²) in [7, 11) is 1.62. The highest BCUT2D eigenvalue weighted by atomic mass is 19.1. The Morgan fingerprint density at radius 1 is 1.47 bits per heavy atom. The van der Waals surface area contributed by atoms with Gasteiger partial charge in [-0.2, -0.15) is 0 Å². The van der Waals surface area contributed by atoms with Crippen molar-refractivity contribution in [2.24, 2.45) is 5.73 Å². The molecule has 2 N–H and O–H groups in total. The van der Waals surface area contributed by atoms with Gasteiger partial charge in [0.1, 0.15) is 5.82 Å². The van der Waals surface area contributed by atoms with Crippen molar-refractivity contribution in [1.29, 1.82) is 0 Å². The van der Waals surface area contributed by atoms with E-state index in [9.17, 15) is 4.39 Å². The molecule has 15 heavy (non-hydrogen) atoms. The Morgan fingerprint density at radius 2 is 2.13 bits per heavy atom. The van der Waals surface area contributed by atoms with Gasteiger partial charge in [0.25, 0.3) is 0 Å². The minimum absolute atomic E-state index is 0.230. The number of hydrogen-bond donors (Lipinski definition) is 1. The van der Waals surface area contributed by atoms with Crippen LogP contribution in [0.3, 0.4) is 0 Å². The molecule has 0 saturated carbocycles. The molecule has 1 unspecified atom stereocenters. The molecule has 0 radical (unpaired) electrons. The number of methoxy groups -OCH3 is 1. The topological polar surface area (TPSA) is 35.2 Å². The lowest BCUT2D eigenvalue weighted by molar-refractivity contribution is 0.129. The Hall–Kier alpha value is -0.930. The summed E-state index contributed by atoms with van der Waals surface area (Å²) in [5.41, 5.74) is 7.54. The molecule has 0 aliphatic heterocycles. The first-order valence-electron chi connectivity index (χ1n) is 5.08. The van der Waals surface area contributed by atoms with Crippen molar-refractivity contribution in [2.45, 2.75) is 25.8 Å². The molecule has 0 bridgehead atoms. The van der Waals surface area contributed by atoms with Crippen LogP contribution < -0.4 is 5.73 Å². The number of rotatable bonds is 4. The fourth-order valence-corrected chi connectivity index (χ4v) is 1.81. The largest absolute Gasteiger partial charge is 0.382 e. The van der Waals surface area contributed by atoms with E-state index < -0.39 is 5.54 Å². The van der Waals surface area contributed by atoms with E-state index in [4.69, 9.17) is 10.5 Å². The van der Waals surface area contributed by atoms with Crippen LogP contribution in [0.5, 0.6) is 0 Å². The maximum absolute atomic E-state index is 13.0. The van der Waals surface area contributed by atoms with Crippen molar-refractivity contribution < 1.29 is 9.13 Å². The Kier molecular flexibility index (Phi) is 3.83. The summed E-state index contributed by atoms with van der Waals surface area (Å²) in [5.74, 6) is -0.230. The predicted octanol–water partition coefficient (Wildman–Crippen LogP) is 2.34. The molecule has 84 valence electrons. The van der Waals surface area contributed by atoms with Gasteiger partial charge in [-0.05, 0) is 36.6 Å². The molecule has 3 heteroatoms. The van der Waals surface area contributed by atoms with Crippen LogP contribution in [-0.4, -0.2) is 13.7 Å². The summed E-state index contributed by atoms with van der Waals surface area (Å²) >= 11 is 0. The van der Waals surface area contributed by atoms with Crippen molar-refractivity contribution in [3.8, 4) is 0 Å². The van der Waals surface area contributed by atoms with Gasteiger partial charge in [0.2, 0.25) is 0 Å². The highest BCUT2D eigenvalue weighted by Gasteiger charge is 2.26. The Morgan fingerprint density at radius 3 is 2.60 bits per heavy atom. The van der Waals surface area contributed by atoms with E-state index in [0.717, 1.165) is 17.5 Å². The first kappa shape index (κ1) is 12.1. The molecular formula is C12H18FNO. The van der Waals surface area contributed by atoms with Gasteiger partial charge in [0.15, 0.2) is 0 Å². The molecule has 0 aliphatic rings. The van der Waals surface area contributed by atoms with Gasteiger partial charge in [0, 0.05) is 7.11 Å². The monoisotopic (exact) mass is 211 g/mol. The van der Waals surface area contributed by atoms with Gasteiger partial charge >= 0.3 is 0 Å². The third-order valence-electron chi connectivity index (χ3n) is 2.76. The summed E-state index contributed by atoms with van der Waals surface area (Å²) in [6, 6.07) is 4.69. The summed E-state index contributed by atoms with van der Waals surface area (Å²) in [6.07, 6.45) is 0.757. The zero-order valence-electron chi connectivity index (χ0n) is 9.51. The van der Waals surface area contributed by atoms with Crippen molar-refractivity contribution >= 4 is 0 Å². The van der Waals surface area contributed by atoms with Crippen molar-refractivity contribution in [2.75, 3.05) is 13.7 Å². The Balaban J connectivity index is 3.12. The van der Waals surface area contributed by atoms with Gasteiger partial charge in [-0.3, -0.25) is 0 Å². The standard InChI is InChI=1S/C12H18FNO/c1-4-12(14,8-15-3)11-6-5-10(13)7-9(11)2/h5-7H,4,8,14H2,1-3H3. The van der Waals surface area contributed by atoms with E-state index in [1.165, 1.54) is 12.1 Å². The number of halogens is 1. The zero-order valence-corrected chi connectivity index (χ0v) is 9.51. The molecule has 1 aromatic carbocycles. The van der Waals surface area contributed by atoms with Crippen LogP contribution >= 0.6 is 0 Å². The summed E-state index contributed by atoms with van der Waals surface area (Å²) in [4.78, 5) is 0. The fraction of sp³-hybridized carbons (Fsp3) is 0.500.